The van der Waals surface area contributed by atoms with Crippen LogP contribution in [0.4, 0.5) is 8.78 Å². The molecule has 80 valence electrons. The normalized spacial score (nSPS) is 27.0. The third-order valence-corrected chi connectivity index (χ3v) is 2.03. The molecule has 1 fully saturated rings. The van der Waals surface area contributed by atoms with Crippen LogP contribution >= 0.6 is 0 Å². The number of carbonyl (C=O) groups is 2. The summed E-state index contributed by atoms with van der Waals surface area (Å²) < 4.78 is 24.0. The number of nitrogens with zero attached hydrogens (tertiary/aromatic N) is 1. The van der Waals surface area contributed by atoms with Crippen LogP contribution < -0.4 is 0 Å². The number of aliphatic carboxylic acids is 1. The van der Waals surface area contributed by atoms with E-state index in [0.717, 1.165) is 0 Å². The molecule has 7 heteroatoms. The molecule has 14 heavy (non-hydrogen) atoms. The molecule has 2 N–H and O–H groups in total. The number of hydrogen-bond donors (Lipinski definition) is 2. The minimum absolute atomic E-state index is 0.201. The Morgan fingerprint density at radius 1 is 1.43 bits per heavy atom. The van der Waals surface area contributed by atoms with Gasteiger partial charge in [0.2, 0.25) is 0 Å². The number of carboxylic acids is 1. The van der Waals surface area contributed by atoms with Crippen LogP contribution in [0.1, 0.15) is 6.42 Å². The summed E-state index contributed by atoms with van der Waals surface area (Å²) in [4.78, 5) is 21.8. The summed E-state index contributed by atoms with van der Waals surface area (Å²) in [6, 6.07) is -1.34. The van der Waals surface area contributed by atoms with E-state index >= 15 is 0 Å². The van der Waals surface area contributed by atoms with Gasteiger partial charge in [-0.05, 0) is 0 Å². The Kier molecular flexibility index (Phi) is 3.00. The van der Waals surface area contributed by atoms with Gasteiger partial charge in [0.1, 0.15) is 6.04 Å². The Hall–Kier alpha value is -1.24. The first kappa shape index (κ1) is 10.8. The zero-order valence-electron chi connectivity index (χ0n) is 7.06. The molecule has 0 bridgehead atoms. The quantitative estimate of drug-likeness (QED) is 0.630. The van der Waals surface area contributed by atoms with Crippen LogP contribution in [0.5, 0.6) is 0 Å². The van der Waals surface area contributed by atoms with E-state index in [1.165, 1.54) is 0 Å². The van der Waals surface area contributed by atoms with Gasteiger partial charge in [-0.1, -0.05) is 0 Å². The summed E-state index contributed by atoms with van der Waals surface area (Å²) in [5.74, 6) is -2.93. The summed E-state index contributed by atoms with van der Waals surface area (Å²) in [6.45, 7) is -0.347. The fourth-order valence-corrected chi connectivity index (χ4v) is 1.42. The molecule has 0 aromatic carbocycles. The Morgan fingerprint density at radius 2 is 2.00 bits per heavy atom. The van der Waals surface area contributed by atoms with Crippen molar-refractivity contribution in [3.63, 3.8) is 0 Å². The second kappa shape index (κ2) is 3.87. The molecular formula is C7H9F2NO4. The van der Waals surface area contributed by atoms with Gasteiger partial charge < -0.3 is 15.1 Å². The maximum absolute atomic E-state index is 12.0. The molecule has 1 rings (SSSR count). The zero-order valence-corrected chi connectivity index (χ0v) is 7.06. The fraction of sp³-hybridized carbons (Fsp3) is 0.714. The van der Waals surface area contributed by atoms with Crippen molar-refractivity contribution in [1.29, 1.82) is 0 Å². The van der Waals surface area contributed by atoms with Gasteiger partial charge in [-0.25, -0.2) is 4.79 Å². The summed E-state index contributed by atoms with van der Waals surface area (Å²) >= 11 is 0. The largest absolute Gasteiger partial charge is 0.480 e. The smallest absolute Gasteiger partial charge is 0.326 e. The van der Waals surface area contributed by atoms with Crippen LogP contribution in [0.15, 0.2) is 0 Å². The van der Waals surface area contributed by atoms with Crippen LogP contribution in [0, 0.1) is 0 Å². The number of β-amino-alcohol motifs (C(OH)–C–C–N with tert-alkyl or cyclic N) is 1. The molecule has 1 heterocycles. The van der Waals surface area contributed by atoms with Gasteiger partial charge in [-0.3, -0.25) is 4.79 Å². The van der Waals surface area contributed by atoms with E-state index in [-0.39, 0.29) is 13.0 Å². The fourth-order valence-electron chi connectivity index (χ4n) is 1.42. The van der Waals surface area contributed by atoms with Crippen molar-refractivity contribution in [2.45, 2.75) is 25.0 Å². The molecule has 0 aliphatic carbocycles. The van der Waals surface area contributed by atoms with Crippen molar-refractivity contribution < 1.29 is 28.6 Å². The minimum Gasteiger partial charge on any atom is -0.480 e. The third-order valence-electron chi connectivity index (χ3n) is 2.03. The molecule has 1 saturated heterocycles. The van der Waals surface area contributed by atoms with Gasteiger partial charge in [-0.2, -0.15) is 8.78 Å². The number of carboxylic acid groups (broad SMARTS) is 1. The summed E-state index contributed by atoms with van der Waals surface area (Å²) in [5.41, 5.74) is 0. The Balaban J connectivity index is 2.76. The lowest BCUT2D eigenvalue weighted by molar-refractivity contribution is -0.153. The highest BCUT2D eigenvalue weighted by atomic mass is 19.3. The monoisotopic (exact) mass is 209 g/mol. The SMILES string of the molecule is O=C(O)[C@@H]1C[C@@H](O)CN1C(=O)C(F)F. The predicted octanol–water partition coefficient (Wildman–Crippen LogP) is -0.702. The molecule has 1 aliphatic heterocycles. The van der Waals surface area contributed by atoms with Crippen LogP contribution in [0.25, 0.3) is 0 Å². The van der Waals surface area contributed by atoms with E-state index in [4.69, 9.17) is 10.2 Å². The average molecular weight is 209 g/mol. The minimum atomic E-state index is -3.23. The van der Waals surface area contributed by atoms with E-state index in [1.807, 2.05) is 0 Å². The number of aliphatic hydroxyl groups is 1. The molecule has 1 amide bonds. The van der Waals surface area contributed by atoms with Crippen LogP contribution in [-0.2, 0) is 9.59 Å². The van der Waals surface area contributed by atoms with E-state index in [9.17, 15) is 18.4 Å². The molecule has 0 aromatic rings. The number of hydrogen-bond acceptors (Lipinski definition) is 3. The first-order chi connectivity index (χ1) is 6.43. The highest BCUT2D eigenvalue weighted by Gasteiger charge is 2.41. The molecule has 0 radical (unpaired) electrons. The first-order valence-corrected chi connectivity index (χ1v) is 3.93. The highest BCUT2D eigenvalue weighted by molar-refractivity contribution is 5.86. The molecule has 2 atom stereocenters. The van der Waals surface area contributed by atoms with Crippen molar-refractivity contribution in [1.82, 2.24) is 4.90 Å². The lowest BCUT2D eigenvalue weighted by Crippen LogP contribution is -2.43. The van der Waals surface area contributed by atoms with E-state index in [0.29, 0.717) is 4.90 Å². The summed E-state index contributed by atoms with van der Waals surface area (Å²) in [5, 5.41) is 17.6. The number of carbonyl (C=O) groups excluding carboxylic acids is 1. The molecule has 0 saturated carbocycles. The number of likely N-dealkylation sites (tertiary alicyclic amines) is 1. The second-order valence-corrected chi connectivity index (χ2v) is 3.03. The van der Waals surface area contributed by atoms with Crippen molar-refractivity contribution >= 4 is 11.9 Å². The van der Waals surface area contributed by atoms with E-state index in [1.54, 1.807) is 0 Å². The molecule has 1 aliphatic rings. The highest BCUT2D eigenvalue weighted by Crippen LogP contribution is 2.19. The maximum atomic E-state index is 12.0. The van der Waals surface area contributed by atoms with Crippen molar-refractivity contribution in [2.24, 2.45) is 0 Å². The number of amides is 1. The predicted molar refractivity (Wildman–Crippen MR) is 39.8 cm³/mol. The zero-order chi connectivity index (χ0) is 10.9. The average Bonchev–Trinajstić information content (AvgIpc) is 2.45. The van der Waals surface area contributed by atoms with Crippen LogP contribution in [0.3, 0.4) is 0 Å². The Labute approximate surface area is 77.9 Å². The van der Waals surface area contributed by atoms with Gasteiger partial charge >= 0.3 is 12.4 Å². The number of rotatable bonds is 2. The number of alkyl halides is 2. The van der Waals surface area contributed by atoms with Crippen molar-refractivity contribution in [3.8, 4) is 0 Å². The van der Waals surface area contributed by atoms with E-state index in [2.05, 4.69) is 0 Å². The van der Waals surface area contributed by atoms with Gasteiger partial charge in [0, 0.05) is 13.0 Å². The van der Waals surface area contributed by atoms with Gasteiger partial charge in [0.05, 0.1) is 6.10 Å². The first-order valence-electron chi connectivity index (χ1n) is 3.93. The molecule has 0 spiro atoms. The van der Waals surface area contributed by atoms with Crippen LogP contribution in [-0.4, -0.2) is 52.1 Å². The molecule has 0 aromatic heterocycles. The third kappa shape index (κ3) is 1.98. The Bertz CT molecular complexity index is 258. The second-order valence-electron chi connectivity index (χ2n) is 3.03. The molecule has 5 nitrogen and oxygen atoms in total. The summed E-state index contributed by atoms with van der Waals surface area (Å²) in [7, 11) is 0. The van der Waals surface area contributed by atoms with Gasteiger partial charge in [-0.15, -0.1) is 0 Å². The van der Waals surface area contributed by atoms with Gasteiger partial charge in [0.15, 0.2) is 0 Å². The molecular weight excluding hydrogens is 200 g/mol. The van der Waals surface area contributed by atoms with Gasteiger partial charge in [0.25, 0.3) is 5.91 Å². The maximum Gasteiger partial charge on any atom is 0.326 e. The van der Waals surface area contributed by atoms with Crippen LogP contribution in [0.2, 0.25) is 0 Å². The lowest BCUT2D eigenvalue weighted by Gasteiger charge is -2.20. The topological polar surface area (TPSA) is 77.8 Å². The summed E-state index contributed by atoms with van der Waals surface area (Å²) in [6.07, 6.45) is -4.48. The van der Waals surface area contributed by atoms with E-state index < -0.39 is 30.4 Å². The Morgan fingerprint density at radius 3 is 2.43 bits per heavy atom. The molecule has 0 unspecified atom stereocenters. The number of aliphatic hydroxyl groups excluding tert-OH is 1. The van der Waals surface area contributed by atoms with Crippen molar-refractivity contribution in [3.05, 3.63) is 0 Å². The number of halogens is 2. The van der Waals surface area contributed by atoms with Crippen molar-refractivity contribution in [2.75, 3.05) is 6.54 Å². The lowest BCUT2D eigenvalue weighted by atomic mass is 10.2. The standard InChI is InChI=1S/C7H9F2NO4/c8-5(9)6(12)10-2-3(11)1-4(10)7(13)14/h3-5,11H,1-2H2,(H,13,14)/t3-,4+/m1/s1.